The number of nitrogens with zero attached hydrogens (tertiary/aromatic N) is 3. The van der Waals surface area contributed by atoms with Crippen LogP contribution in [0.1, 0.15) is 43.7 Å². The van der Waals surface area contributed by atoms with Gasteiger partial charge in [-0.1, -0.05) is 31.4 Å². The van der Waals surface area contributed by atoms with Crippen molar-refractivity contribution in [2.75, 3.05) is 33.7 Å². The maximum Gasteiger partial charge on any atom is 0.320 e. The molecule has 2 aliphatic heterocycles. The van der Waals surface area contributed by atoms with Crippen LogP contribution >= 0.6 is 0 Å². The highest BCUT2D eigenvalue weighted by Crippen LogP contribution is 2.46. The number of likely N-dealkylation sites (tertiary alicyclic amines) is 2. The molecule has 2 heterocycles. The van der Waals surface area contributed by atoms with Crippen molar-refractivity contribution in [3.63, 3.8) is 0 Å². The van der Waals surface area contributed by atoms with Crippen LogP contribution in [0.2, 0.25) is 0 Å². The van der Waals surface area contributed by atoms with Crippen molar-refractivity contribution in [1.29, 1.82) is 0 Å². The molecule has 0 bridgehead atoms. The van der Waals surface area contributed by atoms with Gasteiger partial charge in [-0.05, 0) is 36.5 Å². The third kappa shape index (κ3) is 3.22. The number of carbonyl (C=O) groups excluding carboxylic acids is 1. The molecule has 2 amide bonds. The minimum atomic E-state index is -0.217. The molecule has 0 N–H and O–H groups in total. The van der Waals surface area contributed by atoms with Gasteiger partial charge in [-0.25, -0.2) is 9.18 Å². The summed E-state index contributed by atoms with van der Waals surface area (Å²) in [5.74, 6) is 0.682. The maximum atomic E-state index is 13.9. The Bertz CT molecular complexity index is 658. The van der Waals surface area contributed by atoms with Gasteiger partial charge in [0.05, 0.1) is 6.04 Å². The van der Waals surface area contributed by atoms with Gasteiger partial charge in [0.1, 0.15) is 5.82 Å². The molecule has 0 spiro atoms. The minimum absolute atomic E-state index is 0.0146. The lowest BCUT2D eigenvalue weighted by Crippen LogP contribution is -2.43. The molecule has 1 aromatic carbocycles. The Morgan fingerprint density at radius 3 is 2.58 bits per heavy atom. The second kappa shape index (κ2) is 7.18. The van der Waals surface area contributed by atoms with Crippen molar-refractivity contribution in [1.82, 2.24) is 14.7 Å². The standard InChI is InChI=1S/C21H30FN3O/c1-23(2)21(26)25-13-16-12-24(18-9-4-3-5-10-18)14-19(16)20(25)15-7-6-8-17(22)11-15/h6-8,11,16,18-20H,3-5,9-10,12-14H2,1-2H3/t16-,19-,20+/m1/s1. The summed E-state index contributed by atoms with van der Waals surface area (Å²) < 4.78 is 13.9. The Labute approximate surface area is 155 Å². The molecule has 5 heteroatoms. The first-order chi connectivity index (χ1) is 12.5. The fourth-order valence-corrected chi connectivity index (χ4v) is 5.40. The van der Waals surface area contributed by atoms with Gasteiger partial charge in [0.2, 0.25) is 0 Å². The second-order valence-electron chi connectivity index (χ2n) is 8.50. The van der Waals surface area contributed by atoms with Gasteiger partial charge < -0.3 is 9.80 Å². The van der Waals surface area contributed by atoms with E-state index in [9.17, 15) is 9.18 Å². The molecule has 2 saturated heterocycles. The highest BCUT2D eigenvalue weighted by atomic mass is 19.1. The SMILES string of the molecule is CN(C)C(=O)N1C[C@H]2CN(C3CCCCC3)C[C@H]2[C@@H]1c1cccc(F)c1. The van der Waals surface area contributed by atoms with Gasteiger partial charge in [-0.2, -0.15) is 0 Å². The van der Waals surface area contributed by atoms with Crippen molar-refractivity contribution in [2.45, 2.75) is 44.2 Å². The zero-order chi connectivity index (χ0) is 18.3. The Morgan fingerprint density at radius 1 is 1.12 bits per heavy atom. The van der Waals surface area contributed by atoms with Crippen LogP contribution in [0.5, 0.6) is 0 Å². The van der Waals surface area contributed by atoms with Crippen LogP contribution in [0.3, 0.4) is 0 Å². The van der Waals surface area contributed by atoms with Crippen LogP contribution in [0.15, 0.2) is 24.3 Å². The van der Waals surface area contributed by atoms with E-state index in [0.29, 0.717) is 17.9 Å². The van der Waals surface area contributed by atoms with E-state index in [2.05, 4.69) is 4.90 Å². The van der Waals surface area contributed by atoms with Gasteiger partial charge >= 0.3 is 6.03 Å². The lowest BCUT2D eigenvalue weighted by molar-refractivity contribution is 0.136. The van der Waals surface area contributed by atoms with Crippen LogP contribution in [-0.4, -0.2) is 60.5 Å². The van der Waals surface area contributed by atoms with Crippen molar-refractivity contribution in [3.05, 3.63) is 35.6 Å². The Hall–Kier alpha value is -1.62. The first-order valence-corrected chi connectivity index (χ1v) is 10.0. The lowest BCUT2D eigenvalue weighted by atomic mass is 9.89. The summed E-state index contributed by atoms with van der Waals surface area (Å²) in [6.45, 7) is 2.90. The molecule has 4 nitrogen and oxygen atoms in total. The van der Waals surface area contributed by atoms with Crippen LogP contribution < -0.4 is 0 Å². The summed E-state index contributed by atoms with van der Waals surface area (Å²) in [6, 6.07) is 7.58. The normalized spacial score (nSPS) is 29.8. The van der Waals surface area contributed by atoms with E-state index >= 15 is 0 Å². The quantitative estimate of drug-likeness (QED) is 0.804. The monoisotopic (exact) mass is 359 g/mol. The molecule has 0 radical (unpaired) electrons. The average molecular weight is 359 g/mol. The fourth-order valence-electron chi connectivity index (χ4n) is 5.40. The summed E-state index contributed by atoms with van der Waals surface area (Å²) in [5, 5.41) is 0. The molecule has 4 rings (SSSR count). The van der Waals surface area contributed by atoms with E-state index in [1.54, 1.807) is 31.1 Å². The Kier molecular flexibility index (Phi) is 4.91. The molecule has 3 aliphatic rings. The minimum Gasteiger partial charge on any atom is -0.331 e. The number of carbonyl (C=O) groups is 1. The molecule has 3 atom stereocenters. The number of hydrogen-bond acceptors (Lipinski definition) is 2. The number of amides is 2. The highest BCUT2D eigenvalue weighted by molar-refractivity contribution is 5.75. The van der Waals surface area contributed by atoms with Gasteiger partial charge in [-0.15, -0.1) is 0 Å². The summed E-state index contributed by atoms with van der Waals surface area (Å²) >= 11 is 0. The number of hydrogen-bond donors (Lipinski definition) is 0. The van der Waals surface area contributed by atoms with E-state index in [-0.39, 0.29) is 17.9 Å². The van der Waals surface area contributed by atoms with Crippen molar-refractivity contribution >= 4 is 6.03 Å². The summed E-state index contributed by atoms with van der Waals surface area (Å²) in [4.78, 5) is 19.1. The van der Waals surface area contributed by atoms with E-state index in [0.717, 1.165) is 25.2 Å². The largest absolute Gasteiger partial charge is 0.331 e. The predicted octanol–water partition coefficient (Wildman–Crippen LogP) is 3.74. The molecule has 1 saturated carbocycles. The van der Waals surface area contributed by atoms with E-state index < -0.39 is 0 Å². The first-order valence-electron chi connectivity index (χ1n) is 10.0. The number of urea groups is 1. The van der Waals surface area contributed by atoms with E-state index in [4.69, 9.17) is 0 Å². The molecule has 1 aromatic rings. The topological polar surface area (TPSA) is 26.8 Å². The fraction of sp³-hybridized carbons (Fsp3) is 0.667. The van der Waals surface area contributed by atoms with Crippen molar-refractivity contribution in [3.8, 4) is 0 Å². The first kappa shape index (κ1) is 17.8. The number of fused-ring (bicyclic) bond motifs is 1. The zero-order valence-electron chi connectivity index (χ0n) is 15.9. The Morgan fingerprint density at radius 2 is 1.88 bits per heavy atom. The molecule has 142 valence electrons. The summed E-state index contributed by atoms with van der Waals surface area (Å²) in [5.41, 5.74) is 0.943. The van der Waals surface area contributed by atoms with Crippen molar-refractivity contribution < 1.29 is 9.18 Å². The van der Waals surface area contributed by atoms with Gasteiger partial charge in [0, 0.05) is 45.7 Å². The molecule has 26 heavy (non-hydrogen) atoms. The summed E-state index contributed by atoms with van der Waals surface area (Å²) in [6.07, 6.45) is 6.67. The molecule has 0 aromatic heterocycles. The van der Waals surface area contributed by atoms with E-state index in [1.165, 1.54) is 38.2 Å². The van der Waals surface area contributed by atoms with Crippen LogP contribution in [0, 0.1) is 17.7 Å². The predicted molar refractivity (Wildman–Crippen MR) is 100 cm³/mol. The van der Waals surface area contributed by atoms with Crippen LogP contribution in [0.25, 0.3) is 0 Å². The smallest absolute Gasteiger partial charge is 0.320 e. The van der Waals surface area contributed by atoms with Crippen LogP contribution in [0.4, 0.5) is 9.18 Å². The molecule has 1 aliphatic carbocycles. The molecular weight excluding hydrogens is 329 g/mol. The number of benzene rings is 1. The van der Waals surface area contributed by atoms with Crippen molar-refractivity contribution in [2.24, 2.45) is 11.8 Å². The van der Waals surface area contributed by atoms with Gasteiger partial charge in [-0.3, -0.25) is 4.90 Å². The highest BCUT2D eigenvalue weighted by Gasteiger charge is 2.50. The molecular formula is C21H30FN3O. The maximum absolute atomic E-state index is 13.9. The Balaban J connectivity index is 1.59. The van der Waals surface area contributed by atoms with Gasteiger partial charge in [0.15, 0.2) is 0 Å². The third-order valence-corrected chi connectivity index (χ3v) is 6.60. The van der Waals surface area contributed by atoms with Crippen LogP contribution in [-0.2, 0) is 0 Å². The number of rotatable bonds is 2. The molecule has 0 unspecified atom stereocenters. The van der Waals surface area contributed by atoms with Gasteiger partial charge in [0.25, 0.3) is 0 Å². The van der Waals surface area contributed by atoms with E-state index in [1.807, 2.05) is 11.0 Å². The average Bonchev–Trinajstić information content (AvgIpc) is 3.19. The molecule has 3 fully saturated rings. The number of halogens is 1. The zero-order valence-corrected chi connectivity index (χ0v) is 15.9. The second-order valence-corrected chi connectivity index (χ2v) is 8.50. The summed E-state index contributed by atoms with van der Waals surface area (Å²) in [7, 11) is 3.60. The third-order valence-electron chi connectivity index (χ3n) is 6.60. The lowest BCUT2D eigenvalue weighted by Gasteiger charge is -2.35.